The molecule has 0 spiro atoms. The Balaban J connectivity index is 1.84. The highest BCUT2D eigenvalue weighted by Crippen LogP contribution is 2.21. The Labute approximate surface area is 132 Å². The number of aliphatic hydroxyl groups is 1. The molecule has 2 N–H and O–H groups in total. The Kier molecular flexibility index (Phi) is 6.19. The van der Waals surface area contributed by atoms with E-state index in [2.05, 4.69) is 22.1 Å². The van der Waals surface area contributed by atoms with E-state index in [4.69, 9.17) is 0 Å². The molecule has 0 aliphatic carbocycles. The van der Waals surface area contributed by atoms with E-state index in [-0.39, 0.29) is 12.0 Å². The number of aliphatic hydroxyl groups excluding tert-OH is 1. The summed E-state index contributed by atoms with van der Waals surface area (Å²) in [6, 6.07) is 3.75. The van der Waals surface area contributed by atoms with Gasteiger partial charge in [0.1, 0.15) is 5.82 Å². The number of rotatable bonds is 6. The number of nitrogens with one attached hydrogen (secondary N) is 1. The van der Waals surface area contributed by atoms with Crippen LogP contribution in [-0.4, -0.2) is 41.7 Å². The molecule has 0 saturated carbocycles. The molecule has 1 atom stereocenters. The van der Waals surface area contributed by atoms with Gasteiger partial charge in [-0.2, -0.15) is 0 Å². The maximum atomic E-state index is 12.0. The van der Waals surface area contributed by atoms with Crippen molar-refractivity contribution in [2.24, 2.45) is 5.92 Å². The second-order valence-electron chi connectivity index (χ2n) is 6.18. The first-order valence-corrected chi connectivity index (χ1v) is 8.27. The second-order valence-corrected chi connectivity index (χ2v) is 6.18. The molecular weight excluding hydrogens is 278 g/mol. The zero-order valence-corrected chi connectivity index (χ0v) is 13.6. The van der Waals surface area contributed by atoms with Crippen LogP contribution in [0.5, 0.6) is 0 Å². The second kappa shape index (κ2) is 8.13. The Morgan fingerprint density at radius 1 is 1.45 bits per heavy atom. The highest BCUT2D eigenvalue weighted by Gasteiger charge is 2.17. The highest BCUT2D eigenvalue weighted by molar-refractivity contribution is 5.94. The number of hydrogen-bond acceptors (Lipinski definition) is 4. The van der Waals surface area contributed by atoms with E-state index < -0.39 is 0 Å². The monoisotopic (exact) mass is 305 g/mol. The van der Waals surface area contributed by atoms with E-state index in [1.54, 1.807) is 6.20 Å². The fourth-order valence-electron chi connectivity index (χ4n) is 2.60. The summed E-state index contributed by atoms with van der Waals surface area (Å²) in [6.07, 6.45) is 4.98. The molecule has 1 amide bonds. The largest absolute Gasteiger partial charge is 0.393 e. The van der Waals surface area contributed by atoms with E-state index in [9.17, 15) is 9.90 Å². The van der Waals surface area contributed by atoms with Crippen molar-refractivity contribution in [3.05, 3.63) is 23.9 Å². The van der Waals surface area contributed by atoms with Gasteiger partial charge in [0.15, 0.2) is 0 Å². The van der Waals surface area contributed by atoms with E-state index in [0.29, 0.717) is 24.9 Å². The third-order valence-electron chi connectivity index (χ3n) is 4.35. The smallest absolute Gasteiger partial charge is 0.252 e. The quantitative estimate of drug-likeness (QED) is 0.846. The summed E-state index contributed by atoms with van der Waals surface area (Å²) in [4.78, 5) is 18.7. The van der Waals surface area contributed by atoms with Gasteiger partial charge in [-0.1, -0.05) is 13.8 Å². The van der Waals surface area contributed by atoms with Gasteiger partial charge in [0, 0.05) is 25.8 Å². The van der Waals surface area contributed by atoms with Gasteiger partial charge in [0.2, 0.25) is 0 Å². The molecule has 22 heavy (non-hydrogen) atoms. The van der Waals surface area contributed by atoms with Crippen molar-refractivity contribution in [3.8, 4) is 0 Å². The Bertz CT molecular complexity index is 467. The molecule has 2 rings (SSSR count). The maximum absolute atomic E-state index is 12.0. The molecule has 1 aromatic rings. The summed E-state index contributed by atoms with van der Waals surface area (Å²) in [5.74, 6) is 1.61. The van der Waals surface area contributed by atoms with Gasteiger partial charge in [0.25, 0.3) is 5.91 Å². The van der Waals surface area contributed by atoms with Crippen molar-refractivity contribution >= 4 is 11.7 Å². The summed E-state index contributed by atoms with van der Waals surface area (Å²) in [7, 11) is 0. The molecule has 5 heteroatoms. The normalized spacial score (nSPS) is 17.3. The van der Waals surface area contributed by atoms with Crippen LogP contribution in [0, 0.1) is 5.92 Å². The first kappa shape index (κ1) is 16.7. The fourth-order valence-corrected chi connectivity index (χ4v) is 2.60. The van der Waals surface area contributed by atoms with Crippen LogP contribution in [0.4, 0.5) is 5.82 Å². The molecule has 1 unspecified atom stereocenters. The lowest BCUT2D eigenvalue weighted by Gasteiger charge is -2.31. The van der Waals surface area contributed by atoms with Gasteiger partial charge < -0.3 is 15.3 Å². The Morgan fingerprint density at radius 2 is 2.18 bits per heavy atom. The summed E-state index contributed by atoms with van der Waals surface area (Å²) in [5.41, 5.74) is 0.570. The van der Waals surface area contributed by atoms with E-state index in [1.807, 2.05) is 19.1 Å². The number of carbonyl (C=O) groups is 1. The average Bonchev–Trinajstić information content (AvgIpc) is 2.55. The van der Waals surface area contributed by atoms with Crippen LogP contribution >= 0.6 is 0 Å². The molecule has 0 aromatic carbocycles. The summed E-state index contributed by atoms with van der Waals surface area (Å²) in [5, 5.41) is 12.3. The Morgan fingerprint density at radius 3 is 2.77 bits per heavy atom. The van der Waals surface area contributed by atoms with Crippen LogP contribution in [0.15, 0.2) is 18.3 Å². The van der Waals surface area contributed by atoms with E-state index in [1.165, 1.54) is 12.8 Å². The minimum Gasteiger partial charge on any atom is -0.393 e. The summed E-state index contributed by atoms with van der Waals surface area (Å²) < 4.78 is 0. The SMILES string of the molecule is CCC(O)CCNC(=O)c1ccc(N2CCC(C)CC2)nc1. The molecule has 122 valence electrons. The number of amides is 1. The van der Waals surface area contributed by atoms with Crippen LogP contribution in [-0.2, 0) is 0 Å². The zero-order chi connectivity index (χ0) is 15.9. The minimum atomic E-state index is -0.345. The summed E-state index contributed by atoms with van der Waals surface area (Å²) in [6.45, 7) is 6.77. The number of nitrogens with zero attached hydrogens (tertiary/aromatic N) is 2. The molecular formula is C17H27N3O2. The highest BCUT2D eigenvalue weighted by atomic mass is 16.3. The number of pyridine rings is 1. The molecule has 1 fully saturated rings. The average molecular weight is 305 g/mol. The minimum absolute atomic E-state index is 0.130. The number of carbonyl (C=O) groups excluding carboxylic acids is 1. The van der Waals surface area contributed by atoms with Crippen LogP contribution in [0.1, 0.15) is 49.9 Å². The lowest BCUT2D eigenvalue weighted by molar-refractivity contribution is 0.0941. The molecule has 1 aliphatic rings. The van der Waals surface area contributed by atoms with E-state index >= 15 is 0 Å². The molecule has 1 aromatic heterocycles. The molecule has 0 bridgehead atoms. The topological polar surface area (TPSA) is 65.5 Å². The van der Waals surface area contributed by atoms with E-state index in [0.717, 1.165) is 24.8 Å². The molecule has 1 saturated heterocycles. The lowest BCUT2D eigenvalue weighted by Crippen LogP contribution is -2.33. The van der Waals surface area contributed by atoms with Gasteiger partial charge in [-0.05, 0) is 43.7 Å². The Hall–Kier alpha value is -1.62. The van der Waals surface area contributed by atoms with Crippen molar-refractivity contribution in [2.75, 3.05) is 24.5 Å². The fraction of sp³-hybridized carbons (Fsp3) is 0.647. The maximum Gasteiger partial charge on any atom is 0.252 e. The zero-order valence-electron chi connectivity index (χ0n) is 13.6. The first-order valence-electron chi connectivity index (χ1n) is 8.27. The molecule has 2 heterocycles. The predicted molar refractivity (Wildman–Crippen MR) is 88.1 cm³/mol. The number of piperidine rings is 1. The first-order chi connectivity index (χ1) is 10.6. The van der Waals surface area contributed by atoms with Gasteiger partial charge >= 0.3 is 0 Å². The van der Waals surface area contributed by atoms with Crippen LogP contribution in [0.3, 0.4) is 0 Å². The van der Waals surface area contributed by atoms with Gasteiger partial charge in [-0.3, -0.25) is 4.79 Å². The molecule has 1 aliphatic heterocycles. The molecule has 0 radical (unpaired) electrons. The third-order valence-corrected chi connectivity index (χ3v) is 4.35. The number of aromatic nitrogens is 1. The van der Waals surface area contributed by atoms with Crippen LogP contribution < -0.4 is 10.2 Å². The molecule has 5 nitrogen and oxygen atoms in total. The van der Waals surface area contributed by atoms with Crippen molar-refractivity contribution in [3.63, 3.8) is 0 Å². The third kappa shape index (κ3) is 4.70. The van der Waals surface area contributed by atoms with Gasteiger partial charge in [-0.25, -0.2) is 4.98 Å². The van der Waals surface area contributed by atoms with Crippen molar-refractivity contribution < 1.29 is 9.90 Å². The van der Waals surface area contributed by atoms with Gasteiger partial charge in [0.05, 0.1) is 11.7 Å². The standard InChI is InChI=1S/C17H27N3O2/c1-3-15(21)6-9-18-17(22)14-4-5-16(19-12-14)20-10-7-13(2)8-11-20/h4-5,12-13,15,21H,3,6-11H2,1-2H3,(H,18,22). The number of hydrogen-bond donors (Lipinski definition) is 2. The van der Waals surface area contributed by atoms with Crippen molar-refractivity contribution in [2.45, 2.75) is 45.6 Å². The van der Waals surface area contributed by atoms with Crippen molar-refractivity contribution in [1.82, 2.24) is 10.3 Å². The van der Waals surface area contributed by atoms with Crippen LogP contribution in [0.2, 0.25) is 0 Å². The lowest BCUT2D eigenvalue weighted by atomic mass is 9.99. The predicted octanol–water partition coefficient (Wildman–Crippen LogP) is 2.21. The number of anilines is 1. The van der Waals surface area contributed by atoms with Crippen molar-refractivity contribution in [1.29, 1.82) is 0 Å². The van der Waals surface area contributed by atoms with Crippen LogP contribution in [0.25, 0.3) is 0 Å². The van der Waals surface area contributed by atoms with Gasteiger partial charge in [-0.15, -0.1) is 0 Å². The summed E-state index contributed by atoms with van der Waals surface area (Å²) >= 11 is 0.